The monoisotopic (exact) mass is 267 g/mol. The third-order valence-corrected chi connectivity index (χ3v) is 3.88. The molecule has 0 spiro atoms. The summed E-state index contributed by atoms with van der Waals surface area (Å²) in [5, 5.41) is 2.95. The molecule has 2 aliphatic rings. The molecule has 0 aromatic rings. The summed E-state index contributed by atoms with van der Waals surface area (Å²) in [7, 11) is 0. The minimum atomic E-state index is -0.478. The molecule has 0 aromatic carbocycles. The van der Waals surface area contributed by atoms with E-state index in [1.54, 1.807) is 0 Å². The number of amides is 3. The Kier molecular flexibility index (Phi) is 4.52. The van der Waals surface area contributed by atoms with E-state index in [4.69, 9.17) is 5.73 Å². The Bertz CT molecular complexity index is 377. The molecule has 1 aliphatic heterocycles. The molecule has 1 heterocycles. The van der Waals surface area contributed by atoms with Gasteiger partial charge in [-0.05, 0) is 12.8 Å². The van der Waals surface area contributed by atoms with Crippen molar-refractivity contribution in [2.75, 3.05) is 6.54 Å². The Hall–Kier alpha value is -1.43. The van der Waals surface area contributed by atoms with Crippen LogP contribution in [0.25, 0.3) is 0 Å². The van der Waals surface area contributed by atoms with Crippen molar-refractivity contribution in [2.24, 2.45) is 5.73 Å². The van der Waals surface area contributed by atoms with Crippen LogP contribution in [0.1, 0.15) is 44.9 Å². The Morgan fingerprint density at radius 1 is 1.26 bits per heavy atom. The second-order valence-electron chi connectivity index (χ2n) is 5.32. The van der Waals surface area contributed by atoms with Gasteiger partial charge < -0.3 is 11.1 Å². The minimum absolute atomic E-state index is 0.0803. The number of carbonyl (C=O) groups is 3. The van der Waals surface area contributed by atoms with Gasteiger partial charge in [0.05, 0.1) is 12.5 Å². The quantitative estimate of drug-likeness (QED) is 0.681. The average Bonchev–Trinajstić information content (AvgIpc) is 2.65. The summed E-state index contributed by atoms with van der Waals surface area (Å²) in [6.07, 6.45) is 5.59. The van der Waals surface area contributed by atoms with Crippen LogP contribution in [-0.4, -0.2) is 41.2 Å². The largest absolute Gasteiger partial charge is 0.370 e. The van der Waals surface area contributed by atoms with E-state index in [9.17, 15) is 14.4 Å². The summed E-state index contributed by atoms with van der Waals surface area (Å²) < 4.78 is 0. The first-order valence-electron chi connectivity index (χ1n) is 6.97. The Morgan fingerprint density at radius 3 is 2.58 bits per heavy atom. The van der Waals surface area contributed by atoms with Crippen LogP contribution < -0.4 is 11.1 Å². The summed E-state index contributed by atoms with van der Waals surface area (Å²) >= 11 is 0. The zero-order chi connectivity index (χ0) is 13.8. The van der Waals surface area contributed by atoms with Crippen molar-refractivity contribution < 1.29 is 14.4 Å². The topological polar surface area (TPSA) is 92.5 Å². The van der Waals surface area contributed by atoms with Crippen molar-refractivity contribution in [2.45, 2.75) is 57.0 Å². The first-order chi connectivity index (χ1) is 9.09. The molecule has 1 unspecified atom stereocenters. The van der Waals surface area contributed by atoms with Crippen molar-refractivity contribution >= 4 is 17.7 Å². The van der Waals surface area contributed by atoms with E-state index in [1.807, 2.05) is 0 Å². The summed E-state index contributed by atoms with van der Waals surface area (Å²) in [6, 6.07) is -0.398. The number of imide groups is 1. The molecular weight excluding hydrogens is 246 g/mol. The molecule has 0 radical (unpaired) electrons. The number of nitrogens with one attached hydrogen (secondary N) is 1. The van der Waals surface area contributed by atoms with Crippen molar-refractivity contribution in [3.63, 3.8) is 0 Å². The van der Waals surface area contributed by atoms with Crippen LogP contribution in [-0.2, 0) is 14.4 Å². The number of hydrogen-bond acceptors (Lipinski definition) is 4. The smallest absolute Gasteiger partial charge is 0.247 e. The molecule has 2 rings (SSSR count). The fourth-order valence-corrected chi connectivity index (χ4v) is 2.90. The molecule has 3 amide bonds. The second kappa shape index (κ2) is 6.14. The standard InChI is InChI=1S/C13H21N3O3/c14-11(17)6-7-15-10-8-12(18)16(13(10)19)9-4-2-1-3-5-9/h9-10,15H,1-8H2,(H2,14,17). The van der Waals surface area contributed by atoms with Gasteiger partial charge in [-0.15, -0.1) is 0 Å². The number of primary amides is 1. The van der Waals surface area contributed by atoms with Crippen LogP contribution >= 0.6 is 0 Å². The molecule has 0 aromatic heterocycles. The maximum atomic E-state index is 12.2. The van der Waals surface area contributed by atoms with Crippen LogP contribution in [0.4, 0.5) is 0 Å². The SMILES string of the molecule is NC(=O)CCNC1CC(=O)N(C2CCCCC2)C1=O. The molecule has 1 aliphatic carbocycles. The van der Waals surface area contributed by atoms with Gasteiger partial charge in [0.25, 0.3) is 0 Å². The van der Waals surface area contributed by atoms with E-state index in [0.717, 1.165) is 25.7 Å². The van der Waals surface area contributed by atoms with E-state index in [-0.39, 0.29) is 30.7 Å². The summed E-state index contributed by atoms with van der Waals surface area (Å²) in [4.78, 5) is 36.3. The lowest BCUT2D eigenvalue weighted by atomic mass is 9.94. The van der Waals surface area contributed by atoms with Gasteiger partial charge in [-0.25, -0.2) is 0 Å². The molecule has 19 heavy (non-hydrogen) atoms. The van der Waals surface area contributed by atoms with Gasteiger partial charge in [0.15, 0.2) is 0 Å². The lowest BCUT2D eigenvalue weighted by Gasteiger charge is -2.29. The third kappa shape index (κ3) is 3.32. The summed E-state index contributed by atoms with van der Waals surface area (Å²) in [5.74, 6) is -0.636. The van der Waals surface area contributed by atoms with Crippen molar-refractivity contribution in [1.82, 2.24) is 10.2 Å². The molecule has 6 heteroatoms. The molecule has 6 nitrogen and oxygen atoms in total. The normalized spacial score (nSPS) is 25.1. The predicted octanol–water partition coefficient (Wildman–Crippen LogP) is -0.0884. The van der Waals surface area contributed by atoms with Gasteiger partial charge in [0, 0.05) is 19.0 Å². The van der Waals surface area contributed by atoms with Crippen molar-refractivity contribution in [3.8, 4) is 0 Å². The first kappa shape index (κ1) is 14.0. The van der Waals surface area contributed by atoms with Gasteiger partial charge >= 0.3 is 0 Å². The zero-order valence-electron chi connectivity index (χ0n) is 11.1. The lowest BCUT2D eigenvalue weighted by molar-refractivity contribution is -0.142. The van der Waals surface area contributed by atoms with Crippen LogP contribution in [0.5, 0.6) is 0 Å². The molecule has 2 fully saturated rings. The van der Waals surface area contributed by atoms with Crippen LogP contribution in [0.15, 0.2) is 0 Å². The van der Waals surface area contributed by atoms with E-state index in [1.165, 1.54) is 11.3 Å². The highest BCUT2D eigenvalue weighted by Gasteiger charge is 2.42. The van der Waals surface area contributed by atoms with Gasteiger partial charge in [-0.1, -0.05) is 19.3 Å². The number of nitrogens with zero attached hydrogens (tertiary/aromatic N) is 1. The Balaban J connectivity index is 1.90. The predicted molar refractivity (Wildman–Crippen MR) is 68.9 cm³/mol. The third-order valence-electron chi connectivity index (χ3n) is 3.88. The maximum absolute atomic E-state index is 12.2. The van der Waals surface area contributed by atoms with Gasteiger partial charge in [0.1, 0.15) is 0 Å². The number of hydrogen-bond donors (Lipinski definition) is 2. The fourth-order valence-electron chi connectivity index (χ4n) is 2.90. The fraction of sp³-hybridized carbons (Fsp3) is 0.769. The zero-order valence-corrected chi connectivity index (χ0v) is 11.1. The van der Waals surface area contributed by atoms with Crippen LogP contribution in [0.2, 0.25) is 0 Å². The lowest BCUT2D eigenvalue weighted by Crippen LogP contribution is -2.45. The average molecular weight is 267 g/mol. The molecule has 106 valence electrons. The Labute approximate surface area is 112 Å². The Morgan fingerprint density at radius 2 is 1.95 bits per heavy atom. The van der Waals surface area contributed by atoms with Crippen LogP contribution in [0, 0.1) is 0 Å². The number of likely N-dealkylation sites (tertiary alicyclic amines) is 1. The van der Waals surface area contributed by atoms with E-state index in [2.05, 4.69) is 5.32 Å². The number of rotatable bonds is 5. The highest BCUT2D eigenvalue weighted by atomic mass is 16.2. The first-order valence-corrected chi connectivity index (χ1v) is 6.97. The second-order valence-corrected chi connectivity index (χ2v) is 5.32. The molecule has 1 saturated heterocycles. The van der Waals surface area contributed by atoms with E-state index >= 15 is 0 Å². The molecule has 1 atom stereocenters. The molecule has 0 bridgehead atoms. The molecule has 1 saturated carbocycles. The van der Waals surface area contributed by atoms with Gasteiger partial charge in [-0.3, -0.25) is 19.3 Å². The van der Waals surface area contributed by atoms with E-state index < -0.39 is 11.9 Å². The maximum Gasteiger partial charge on any atom is 0.247 e. The summed E-state index contributed by atoms with van der Waals surface area (Å²) in [6.45, 7) is 0.345. The highest BCUT2D eigenvalue weighted by molar-refractivity contribution is 6.05. The van der Waals surface area contributed by atoms with Gasteiger partial charge in [0.2, 0.25) is 17.7 Å². The molecular formula is C13H21N3O3. The van der Waals surface area contributed by atoms with Gasteiger partial charge in [-0.2, -0.15) is 0 Å². The summed E-state index contributed by atoms with van der Waals surface area (Å²) in [5.41, 5.74) is 5.04. The van der Waals surface area contributed by atoms with Crippen molar-refractivity contribution in [3.05, 3.63) is 0 Å². The highest BCUT2D eigenvalue weighted by Crippen LogP contribution is 2.27. The van der Waals surface area contributed by atoms with E-state index in [0.29, 0.717) is 6.54 Å². The minimum Gasteiger partial charge on any atom is -0.370 e. The van der Waals surface area contributed by atoms with Crippen LogP contribution in [0.3, 0.4) is 0 Å². The number of nitrogens with two attached hydrogens (primary N) is 1. The number of carbonyl (C=O) groups excluding carboxylic acids is 3. The molecule has 3 N–H and O–H groups in total. The van der Waals surface area contributed by atoms with Crippen molar-refractivity contribution in [1.29, 1.82) is 0 Å².